The summed E-state index contributed by atoms with van der Waals surface area (Å²) < 4.78 is 5.25. The van der Waals surface area contributed by atoms with Gasteiger partial charge in [0.1, 0.15) is 12.6 Å². The van der Waals surface area contributed by atoms with Crippen LogP contribution in [0, 0.1) is 5.92 Å². The quantitative estimate of drug-likeness (QED) is 0.749. The first-order chi connectivity index (χ1) is 9.65. The standard InChI is InChI=1S/C15H19NO4/c17-14(10-20-9-12-6-7-12)16-13(15(18)19)8-11-4-2-1-3-5-11/h1-5,12-13H,6-10H2,(H,16,17)(H,18,19). The van der Waals surface area contributed by atoms with Crippen molar-refractivity contribution < 1.29 is 19.4 Å². The molecule has 5 nitrogen and oxygen atoms in total. The zero-order chi connectivity index (χ0) is 14.4. The summed E-state index contributed by atoms with van der Waals surface area (Å²) in [6, 6.07) is 8.30. The molecule has 0 aliphatic heterocycles. The van der Waals surface area contributed by atoms with Gasteiger partial charge < -0.3 is 15.2 Å². The molecule has 2 rings (SSSR count). The maximum atomic E-state index is 11.7. The fourth-order valence-electron chi connectivity index (χ4n) is 1.89. The van der Waals surface area contributed by atoms with Crippen molar-refractivity contribution in [2.45, 2.75) is 25.3 Å². The van der Waals surface area contributed by atoms with Crippen LogP contribution in [0.25, 0.3) is 0 Å². The molecular formula is C15H19NO4. The predicted molar refractivity (Wildman–Crippen MR) is 73.3 cm³/mol. The van der Waals surface area contributed by atoms with Crippen molar-refractivity contribution >= 4 is 11.9 Å². The Balaban J connectivity index is 1.78. The van der Waals surface area contributed by atoms with E-state index < -0.39 is 12.0 Å². The Hall–Kier alpha value is -1.88. The highest BCUT2D eigenvalue weighted by molar-refractivity contribution is 5.84. The average molecular weight is 277 g/mol. The zero-order valence-corrected chi connectivity index (χ0v) is 11.2. The molecule has 0 spiro atoms. The third kappa shape index (κ3) is 5.01. The molecule has 0 heterocycles. The zero-order valence-electron chi connectivity index (χ0n) is 11.2. The molecule has 108 valence electrons. The van der Waals surface area contributed by atoms with Gasteiger partial charge in [-0.2, -0.15) is 0 Å². The van der Waals surface area contributed by atoms with Gasteiger partial charge in [0.05, 0.1) is 6.61 Å². The second-order valence-electron chi connectivity index (χ2n) is 5.11. The Morgan fingerprint density at radius 1 is 1.30 bits per heavy atom. The summed E-state index contributed by atoms with van der Waals surface area (Å²) in [4.78, 5) is 22.8. The first-order valence-electron chi connectivity index (χ1n) is 6.79. The van der Waals surface area contributed by atoms with E-state index in [0.29, 0.717) is 12.5 Å². The lowest BCUT2D eigenvalue weighted by atomic mass is 10.1. The Bertz CT molecular complexity index is 456. The molecule has 1 saturated carbocycles. The van der Waals surface area contributed by atoms with E-state index in [1.54, 1.807) is 0 Å². The van der Waals surface area contributed by atoms with E-state index in [2.05, 4.69) is 5.32 Å². The topological polar surface area (TPSA) is 75.6 Å². The summed E-state index contributed by atoms with van der Waals surface area (Å²) >= 11 is 0. The monoisotopic (exact) mass is 277 g/mol. The van der Waals surface area contributed by atoms with E-state index in [4.69, 9.17) is 9.84 Å². The van der Waals surface area contributed by atoms with Gasteiger partial charge in [0.2, 0.25) is 5.91 Å². The van der Waals surface area contributed by atoms with Crippen molar-refractivity contribution in [2.24, 2.45) is 5.92 Å². The molecular weight excluding hydrogens is 258 g/mol. The highest BCUT2D eigenvalue weighted by Crippen LogP contribution is 2.28. The molecule has 20 heavy (non-hydrogen) atoms. The number of rotatable bonds is 8. The largest absolute Gasteiger partial charge is 0.480 e. The van der Waals surface area contributed by atoms with Crippen LogP contribution < -0.4 is 5.32 Å². The molecule has 5 heteroatoms. The molecule has 1 unspecified atom stereocenters. The van der Waals surface area contributed by atoms with E-state index >= 15 is 0 Å². The summed E-state index contributed by atoms with van der Waals surface area (Å²) in [6.45, 7) is 0.513. The minimum absolute atomic E-state index is 0.0743. The smallest absolute Gasteiger partial charge is 0.326 e. The third-order valence-corrected chi connectivity index (χ3v) is 3.20. The highest BCUT2D eigenvalue weighted by Gasteiger charge is 2.23. The number of amides is 1. The van der Waals surface area contributed by atoms with E-state index in [0.717, 1.165) is 18.4 Å². The number of nitrogens with one attached hydrogen (secondary N) is 1. The fourth-order valence-corrected chi connectivity index (χ4v) is 1.89. The molecule has 1 aliphatic rings. The van der Waals surface area contributed by atoms with Gasteiger partial charge in [-0.15, -0.1) is 0 Å². The SMILES string of the molecule is O=C(COCC1CC1)NC(Cc1ccccc1)C(=O)O. The minimum atomic E-state index is -1.04. The Morgan fingerprint density at radius 3 is 2.60 bits per heavy atom. The van der Waals surface area contributed by atoms with Crippen molar-refractivity contribution in [3.05, 3.63) is 35.9 Å². The summed E-state index contributed by atoms with van der Waals surface area (Å²) in [5.74, 6) is -0.833. The number of carboxylic acids is 1. The van der Waals surface area contributed by atoms with Gasteiger partial charge in [0, 0.05) is 6.42 Å². The van der Waals surface area contributed by atoms with Crippen LogP contribution in [0.3, 0.4) is 0 Å². The van der Waals surface area contributed by atoms with Gasteiger partial charge in [-0.05, 0) is 24.3 Å². The first kappa shape index (κ1) is 14.5. The summed E-state index contributed by atoms with van der Waals surface area (Å²) in [5.41, 5.74) is 0.874. The Morgan fingerprint density at radius 2 is 2.00 bits per heavy atom. The normalized spacial score (nSPS) is 15.6. The maximum absolute atomic E-state index is 11.7. The van der Waals surface area contributed by atoms with Crippen LogP contribution >= 0.6 is 0 Å². The second-order valence-corrected chi connectivity index (χ2v) is 5.11. The molecule has 1 aromatic rings. The molecule has 0 saturated heterocycles. The molecule has 1 atom stereocenters. The molecule has 1 aliphatic carbocycles. The van der Waals surface area contributed by atoms with Crippen LogP contribution in [-0.4, -0.2) is 36.2 Å². The molecule has 2 N–H and O–H groups in total. The van der Waals surface area contributed by atoms with Crippen LogP contribution in [0.1, 0.15) is 18.4 Å². The van der Waals surface area contributed by atoms with Crippen molar-refractivity contribution in [3.63, 3.8) is 0 Å². The Labute approximate surface area is 117 Å². The van der Waals surface area contributed by atoms with Crippen LogP contribution in [0.4, 0.5) is 0 Å². The Kier molecular flexibility index (Phi) is 5.12. The van der Waals surface area contributed by atoms with E-state index in [9.17, 15) is 9.59 Å². The van der Waals surface area contributed by atoms with E-state index in [1.165, 1.54) is 0 Å². The number of carbonyl (C=O) groups excluding carboxylic acids is 1. The average Bonchev–Trinajstić information content (AvgIpc) is 3.23. The number of carboxylic acid groups (broad SMARTS) is 1. The number of ether oxygens (including phenoxy) is 1. The lowest BCUT2D eigenvalue weighted by Crippen LogP contribution is -2.43. The summed E-state index contributed by atoms with van der Waals surface area (Å²) in [7, 11) is 0. The van der Waals surface area contributed by atoms with Crippen LogP contribution in [0.15, 0.2) is 30.3 Å². The number of aliphatic carboxylic acids is 1. The van der Waals surface area contributed by atoms with E-state index in [1.807, 2.05) is 30.3 Å². The van der Waals surface area contributed by atoms with E-state index in [-0.39, 0.29) is 18.9 Å². The maximum Gasteiger partial charge on any atom is 0.326 e. The number of carbonyl (C=O) groups is 2. The van der Waals surface area contributed by atoms with Crippen molar-refractivity contribution in [2.75, 3.05) is 13.2 Å². The minimum Gasteiger partial charge on any atom is -0.480 e. The van der Waals surface area contributed by atoms with Crippen molar-refractivity contribution in [3.8, 4) is 0 Å². The molecule has 0 radical (unpaired) electrons. The molecule has 0 aromatic heterocycles. The van der Waals surface area contributed by atoms with Crippen molar-refractivity contribution in [1.29, 1.82) is 0 Å². The molecule has 1 amide bonds. The highest BCUT2D eigenvalue weighted by atomic mass is 16.5. The van der Waals surface area contributed by atoms with Gasteiger partial charge in [0.15, 0.2) is 0 Å². The number of benzene rings is 1. The van der Waals surface area contributed by atoms with Crippen LogP contribution in [0.2, 0.25) is 0 Å². The third-order valence-electron chi connectivity index (χ3n) is 3.20. The lowest BCUT2D eigenvalue weighted by Gasteiger charge is -2.14. The van der Waals surface area contributed by atoms with Crippen LogP contribution in [0.5, 0.6) is 0 Å². The predicted octanol–water partition coefficient (Wildman–Crippen LogP) is 1.23. The first-order valence-corrected chi connectivity index (χ1v) is 6.79. The summed E-state index contributed by atoms with van der Waals surface area (Å²) in [6.07, 6.45) is 2.59. The van der Waals surface area contributed by atoms with Gasteiger partial charge in [-0.25, -0.2) is 4.79 Å². The summed E-state index contributed by atoms with van der Waals surface area (Å²) in [5, 5.41) is 11.6. The molecule has 0 bridgehead atoms. The second kappa shape index (κ2) is 7.05. The van der Waals surface area contributed by atoms with Gasteiger partial charge in [-0.3, -0.25) is 4.79 Å². The van der Waals surface area contributed by atoms with Gasteiger partial charge in [-0.1, -0.05) is 30.3 Å². The van der Waals surface area contributed by atoms with Crippen LogP contribution in [-0.2, 0) is 20.7 Å². The lowest BCUT2D eigenvalue weighted by molar-refractivity contribution is -0.142. The fraction of sp³-hybridized carbons (Fsp3) is 0.467. The number of hydrogen-bond acceptors (Lipinski definition) is 3. The van der Waals surface area contributed by atoms with Crippen molar-refractivity contribution in [1.82, 2.24) is 5.32 Å². The molecule has 1 aromatic carbocycles. The number of hydrogen-bond donors (Lipinski definition) is 2. The van der Waals surface area contributed by atoms with Gasteiger partial charge >= 0.3 is 5.97 Å². The van der Waals surface area contributed by atoms with Gasteiger partial charge in [0.25, 0.3) is 0 Å². The molecule has 1 fully saturated rings.